The summed E-state index contributed by atoms with van der Waals surface area (Å²) >= 11 is 0. The fraction of sp³-hybridized carbons (Fsp3) is 0.692. The van der Waals surface area contributed by atoms with Gasteiger partial charge in [0.1, 0.15) is 12.0 Å². The number of rotatable bonds is 6. The van der Waals surface area contributed by atoms with E-state index in [2.05, 4.69) is 22.2 Å². The minimum atomic E-state index is 0.0560. The highest BCUT2D eigenvalue weighted by Gasteiger charge is 2.40. The van der Waals surface area contributed by atoms with E-state index in [1.807, 2.05) is 13.8 Å². The van der Waals surface area contributed by atoms with Crippen LogP contribution < -0.4 is 15.8 Å². The number of hydrogen-bond donors (Lipinski definition) is 2. The molecule has 0 radical (unpaired) electrons. The van der Waals surface area contributed by atoms with Gasteiger partial charge in [0.25, 0.3) is 0 Å². The zero-order valence-corrected chi connectivity index (χ0v) is 11.4. The average Bonchev–Trinajstić information content (AvgIpc) is 3.10. The molecule has 0 aliphatic heterocycles. The van der Waals surface area contributed by atoms with E-state index in [0.29, 0.717) is 22.8 Å². The topological polar surface area (TPSA) is 73.1 Å². The lowest BCUT2D eigenvalue weighted by Gasteiger charge is -2.16. The number of hydrogen-bond acceptors (Lipinski definition) is 5. The van der Waals surface area contributed by atoms with Crippen molar-refractivity contribution in [2.24, 2.45) is 5.41 Å². The molecule has 1 aliphatic carbocycles. The molecular formula is C13H22N4O. The van der Waals surface area contributed by atoms with Crippen LogP contribution in [0.4, 0.5) is 11.5 Å². The number of aromatic nitrogens is 2. The molecule has 1 saturated carbocycles. The second-order valence-electron chi connectivity index (χ2n) is 5.31. The summed E-state index contributed by atoms with van der Waals surface area (Å²) in [7, 11) is 0. The fourth-order valence-corrected chi connectivity index (χ4v) is 1.94. The molecule has 0 spiro atoms. The lowest BCUT2D eigenvalue weighted by Crippen LogP contribution is -2.17. The van der Waals surface area contributed by atoms with Crippen LogP contribution in [0.2, 0.25) is 0 Å². The Labute approximate surface area is 108 Å². The van der Waals surface area contributed by atoms with E-state index >= 15 is 0 Å². The van der Waals surface area contributed by atoms with Crippen molar-refractivity contribution in [3.8, 4) is 5.88 Å². The predicted octanol–water partition coefficient (Wildman–Crippen LogP) is 2.45. The standard InChI is InChI=1S/C13H22N4O/c1-4-13(5-6-13)7-15-11-10(14)12(17-8-16-11)18-9(2)3/h8-9H,4-7,14H2,1-3H3,(H,15,16,17). The molecule has 0 atom stereocenters. The molecule has 1 aliphatic rings. The van der Waals surface area contributed by atoms with Gasteiger partial charge in [-0.05, 0) is 38.5 Å². The van der Waals surface area contributed by atoms with Crippen LogP contribution in [0.15, 0.2) is 6.33 Å². The Balaban J connectivity index is 2.04. The van der Waals surface area contributed by atoms with Crippen molar-refractivity contribution in [3.63, 3.8) is 0 Å². The second-order valence-corrected chi connectivity index (χ2v) is 5.31. The molecule has 0 unspecified atom stereocenters. The lowest BCUT2D eigenvalue weighted by atomic mass is 10.0. The van der Waals surface area contributed by atoms with E-state index in [-0.39, 0.29) is 6.10 Å². The summed E-state index contributed by atoms with van der Waals surface area (Å²) in [6, 6.07) is 0. The monoisotopic (exact) mass is 250 g/mol. The molecule has 2 rings (SSSR count). The highest BCUT2D eigenvalue weighted by atomic mass is 16.5. The van der Waals surface area contributed by atoms with E-state index < -0.39 is 0 Å². The number of ether oxygens (including phenoxy) is 1. The van der Waals surface area contributed by atoms with Crippen molar-refractivity contribution in [2.75, 3.05) is 17.6 Å². The van der Waals surface area contributed by atoms with Gasteiger partial charge in [-0.3, -0.25) is 0 Å². The van der Waals surface area contributed by atoms with E-state index in [4.69, 9.17) is 10.5 Å². The summed E-state index contributed by atoms with van der Waals surface area (Å²) in [4.78, 5) is 8.25. The minimum absolute atomic E-state index is 0.0560. The normalized spacial score (nSPS) is 16.7. The van der Waals surface area contributed by atoms with Crippen LogP contribution in [0, 0.1) is 5.41 Å². The van der Waals surface area contributed by atoms with E-state index in [0.717, 1.165) is 6.54 Å². The second kappa shape index (κ2) is 5.00. The smallest absolute Gasteiger partial charge is 0.242 e. The molecule has 1 fully saturated rings. The van der Waals surface area contributed by atoms with Crippen molar-refractivity contribution in [1.82, 2.24) is 9.97 Å². The van der Waals surface area contributed by atoms with Crippen molar-refractivity contribution in [2.45, 2.75) is 46.1 Å². The quantitative estimate of drug-likeness (QED) is 0.811. The summed E-state index contributed by atoms with van der Waals surface area (Å²) in [6.07, 6.45) is 5.32. The predicted molar refractivity (Wildman–Crippen MR) is 72.7 cm³/mol. The molecule has 18 heavy (non-hydrogen) atoms. The largest absolute Gasteiger partial charge is 0.473 e. The summed E-state index contributed by atoms with van der Waals surface area (Å²) in [5.41, 5.74) is 6.96. The molecule has 5 nitrogen and oxygen atoms in total. The fourth-order valence-electron chi connectivity index (χ4n) is 1.94. The lowest BCUT2D eigenvalue weighted by molar-refractivity contribution is 0.234. The molecular weight excluding hydrogens is 228 g/mol. The van der Waals surface area contributed by atoms with Crippen molar-refractivity contribution in [1.29, 1.82) is 0 Å². The highest BCUT2D eigenvalue weighted by Crippen LogP contribution is 2.48. The molecule has 0 amide bonds. The van der Waals surface area contributed by atoms with Crippen molar-refractivity contribution < 1.29 is 4.74 Å². The Morgan fingerprint density at radius 3 is 2.72 bits per heavy atom. The van der Waals surface area contributed by atoms with Crippen LogP contribution in [-0.4, -0.2) is 22.6 Å². The van der Waals surface area contributed by atoms with Gasteiger partial charge in [0.2, 0.25) is 5.88 Å². The number of nitrogen functional groups attached to an aromatic ring is 1. The molecule has 0 aromatic carbocycles. The van der Waals surface area contributed by atoms with E-state index in [1.54, 1.807) is 0 Å². The third-order valence-electron chi connectivity index (χ3n) is 3.53. The first-order valence-corrected chi connectivity index (χ1v) is 6.57. The van der Waals surface area contributed by atoms with E-state index in [1.165, 1.54) is 25.6 Å². The van der Waals surface area contributed by atoms with Crippen molar-refractivity contribution >= 4 is 11.5 Å². The molecule has 5 heteroatoms. The zero-order chi connectivity index (χ0) is 13.2. The van der Waals surface area contributed by atoms with Gasteiger partial charge in [-0.2, -0.15) is 4.98 Å². The number of nitrogens with one attached hydrogen (secondary N) is 1. The number of nitrogens with two attached hydrogens (primary N) is 1. The molecule has 1 aromatic heterocycles. The molecule has 1 heterocycles. The van der Waals surface area contributed by atoms with Gasteiger partial charge in [0.15, 0.2) is 5.82 Å². The van der Waals surface area contributed by atoms with E-state index in [9.17, 15) is 0 Å². The van der Waals surface area contributed by atoms with Crippen LogP contribution in [0.1, 0.15) is 40.0 Å². The summed E-state index contributed by atoms with van der Waals surface area (Å²) in [5, 5.41) is 3.32. The molecule has 100 valence electrons. The number of anilines is 2. The average molecular weight is 250 g/mol. The first-order valence-electron chi connectivity index (χ1n) is 6.57. The first kappa shape index (κ1) is 12.9. The SMILES string of the molecule is CCC1(CNc2ncnc(OC(C)C)c2N)CC1. The van der Waals surface area contributed by atoms with Crippen molar-refractivity contribution in [3.05, 3.63) is 6.33 Å². The van der Waals surface area contributed by atoms with Gasteiger partial charge < -0.3 is 15.8 Å². The maximum absolute atomic E-state index is 6.01. The number of nitrogens with zero attached hydrogens (tertiary/aromatic N) is 2. The van der Waals surface area contributed by atoms with Crippen LogP contribution in [-0.2, 0) is 0 Å². The maximum atomic E-state index is 6.01. The molecule has 0 saturated heterocycles. The Morgan fingerprint density at radius 1 is 1.44 bits per heavy atom. The molecule has 3 N–H and O–H groups in total. The third kappa shape index (κ3) is 2.83. The minimum Gasteiger partial charge on any atom is -0.473 e. The Bertz CT molecular complexity index is 415. The first-order chi connectivity index (χ1) is 8.56. The Hall–Kier alpha value is -1.52. The Kier molecular flexibility index (Phi) is 3.59. The van der Waals surface area contributed by atoms with Crippen LogP contribution in [0.25, 0.3) is 0 Å². The van der Waals surface area contributed by atoms with Crippen LogP contribution in [0.3, 0.4) is 0 Å². The van der Waals surface area contributed by atoms with Gasteiger partial charge in [0, 0.05) is 6.54 Å². The van der Waals surface area contributed by atoms with Crippen LogP contribution in [0.5, 0.6) is 5.88 Å². The third-order valence-corrected chi connectivity index (χ3v) is 3.53. The highest BCUT2D eigenvalue weighted by molar-refractivity contribution is 5.66. The molecule has 0 bridgehead atoms. The summed E-state index contributed by atoms with van der Waals surface area (Å²) in [6.45, 7) is 7.05. The maximum Gasteiger partial charge on any atom is 0.242 e. The zero-order valence-electron chi connectivity index (χ0n) is 11.4. The summed E-state index contributed by atoms with van der Waals surface area (Å²) < 4.78 is 5.54. The molecule has 1 aromatic rings. The van der Waals surface area contributed by atoms with Gasteiger partial charge >= 0.3 is 0 Å². The summed E-state index contributed by atoms with van der Waals surface area (Å²) in [5.74, 6) is 1.14. The van der Waals surface area contributed by atoms with Gasteiger partial charge in [-0.25, -0.2) is 4.98 Å². The van der Waals surface area contributed by atoms with Gasteiger partial charge in [-0.15, -0.1) is 0 Å². The van der Waals surface area contributed by atoms with Gasteiger partial charge in [-0.1, -0.05) is 6.92 Å². The van der Waals surface area contributed by atoms with Crippen LogP contribution >= 0.6 is 0 Å². The van der Waals surface area contributed by atoms with Gasteiger partial charge in [0.05, 0.1) is 6.10 Å². The Morgan fingerprint density at radius 2 is 2.17 bits per heavy atom.